The SMILES string of the molecule is CNC(=S)Nc1ccccc1C(N)=O. The number of primary amides is 1. The number of carbonyl (C=O) groups excluding carboxylic acids is 1. The molecule has 0 aromatic heterocycles. The molecule has 0 aliphatic carbocycles. The number of nitrogens with one attached hydrogen (secondary N) is 2. The van der Waals surface area contributed by atoms with E-state index in [1.165, 1.54) is 0 Å². The summed E-state index contributed by atoms with van der Waals surface area (Å²) in [6.07, 6.45) is 0. The summed E-state index contributed by atoms with van der Waals surface area (Å²) in [5.41, 5.74) is 6.22. The summed E-state index contributed by atoms with van der Waals surface area (Å²) in [6, 6.07) is 6.92. The second-order valence-electron chi connectivity index (χ2n) is 2.61. The molecule has 1 aromatic rings. The van der Waals surface area contributed by atoms with Crippen LogP contribution in [0.2, 0.25) is 0 Å². The number of thiocarbonyl (C=S) groups is 1. The van der Waals surface area contributed by atoms with Crippen molar-refractivity contribution in [1.82, 2.24) is 5.32 Å². The van der Waals surface area contributed by atoms with Gasteiger partial charge in [0.25, 0.3) is 5.91 Å². The highest BCUT2D eigenvalue weighted by molar-refractivity contribution is 7.80. The van der Waals surface area contributed by atoms with Gasteiger partial charge in [-0.05, 0) is 24.4 Å². The van der Waals surface area contributed by atoms with Gasteiger partial charge in [-0.1, -0.05) is 12.1 Å². The van der Waals surface area contributed by atoms with Gasteiger partial charge in [-0.2, -0.15) is 0 Å². The molecular weight excluding hydrogens is 198 g/mol. The van der Waals surface area contributed by atoms with Crippen molar-refractivity contribution < 1.29 is 4.79 Å². The predicted molar refractivity (Wildman–Crippen MR) is 60.2 cm³/mol. The van der Waals surface area contributed by atoms with Gasteiger partial charge in [-0.15, -0.1) is 0 Å². The number of hydrogen-bond acceptors (Lipinski definition) is 2. The molecular formula is C9H11N3OS. The molecule has 0 bridgehead atoms. The maximum absolute atomic E-state index is 11.0. The number of amides is 1. The third kappa shape index (κ3) is 2.43. The van der Waals surface area contributed by atoms with Gasteiger partial charge in [-0.3, -0.25) is 4.79 Å². The van der Waals surface area contributed by atoms with Gasteiger partial charge in [0.2, 0.25) is 0 Å². The van der Waals surface area contributed by atoms with Gasteiger partial charge in [0.1, 0.15) is 0 Å². The largest absolute Gasteiger partial charge is 0.366 e. The van der Waals surface area contributed by atoms with E-state index in [0.29, 0.717) is 16.4 Å². The molecule has 0 aliphatic heterocycles. The van der Waals surface area contributed by atoms with Crippen molar-refractivity contribution in [1.29, 1.82) is 0 Å². The molecule has 14 heavy (non-hydrogen) atoms. The van der Waals surface area contributed by atoms with E-state index in [-0.39, 0.29) is 0 Å². The van der Waals surface area contributed by atoms with Crippen LogP contribution in [0, 0.1) is 0 Å². The van der Waals surface area contributed by atoms with Crippen molar-refractivity contribution >= 4 is 28.9 Å². The van der Waals surface area contributed by atoms with Crippen LogP contribution in [0.15, 0.2) is 24.3 Å². The number of carbonyl (C=O) groups is 1. The fourth-order valence-corrected chi connectivity index (χ4v) is 1.10. The first-order valence-electron chi connectivity index (χ1n) is 4.02. The van der Waals surface area contributed by atoms with Crippen LogP contribution in [0.1, 0.15) is 10.4 Å². The van der Waals surface area contributed by atoms with Gasteiger partial charge in [0, 0.05) is 7.05 Å². The Hall–Kier alpha value is -1.62. The molecule has 5 heteroatoms. The van der Waals surface area contributed by atoms with Crippen LogP contribution < -0.4 is 16.4 Å². The summed E-state index contributed by atoms with van der Waals surface area (Å²) in [4.78, 5) is 11.0. The third-order valence-electron chi connectivity index (χ3n) is 1.67. The summed E-state index contributed by atoms with van der Waals surface area (Å²) in [5.74, 6) is -0.480. The number of hydrogen-bond donors (Lipinski definition) is 3. The fraction of sp³-hybridized carbons (Fsp3) is 0.111. The topological polar surface area (TPSA) is 67.2 Å². The van der Waals surface area contributed by atoms with Gasteiger partial charge in [-0.25, -0.2) is 0 Å². The first-order valence-corrected chi connectivity index (χ1v) is 4.43. The Labute approximate surface area is 87.5 Å². The van der Waals surface area contributed by atoms with E-state index in [1.807, 2.05) is 0 Å². The van der Waals surface area contributed by atoms with E-state index in [1.54, 1.807) is 31.3 Å². The molecule has 0 unspecified atom stereocenters. The number of rotatable bonds is 2. The van der Waals surface area contributed by atoms with E-state index < -0.39 is 5.91 Å². The molecule has 0 aliphatic rings. The molecule has 0 heterocycles. The Bertz CT molecular complexity index is 365. The number of para-hydroxylation sites is 1. The molecule has 1 amide bonds. The fourth-order valence-electron chi connectivity index (χ4n) is 0.992. The molecule has 0 saturated heterocycles. The maximum atomic E-state index is 11.0. The lowest BCUT2D eigenvalue weighted by Crippen LogP contribution is -2.26. The van der Waals surface area contributed by atoms with Crippen LogP contribution in [0.4, 0.5) is 5.69 Å². The molecule has 0 radical (unpaired) electrons. The first-order chi connectivity index (χ1) is 6.65. The van der Waals surface area contributed by atoms with E-state index in [2.05, 4.69) is 10.6 Å². The smallest absolute Gasteiger partial charge is 0.250 e. The summed E-state index contributed by atoms with van der Waals surface area (Å²) in [5, 5.41) is 6.05. The summed E-state index contributed by atoms with van der Waals surface area (Å²) in [6.45, 7) is 0. The minimum atomic E-state index is -0.480. The van der Waals surface area contributed by atoms with Crippen LogP contribution in [0.25, 0.3) is 0 Å². The van der Waals surface area contributed by atoms with Crippen molar-refractivity contribution in [2.45, 2.75) is 0 Å². The standard InChI is InChI=1S/C9H11N3OS/c1-11-9(14)12-7-5-3-2-4-6(7)8(10)13/h2-5H,1H3,(H2,10,13)(H2,11,12,14). The average Bonchev–Trinajstić information content (AvgIpc) is 2.18. The van der Waals surface area contributed by atoms with Crippen LogP contribution in [0.3, 0.4) is 0 Å². The summed E-state index contributed by atoms with van der Waals surface area (Å²) in [7, 11) is 1.70. The van der Waals surface area contributed by atoms with E-state index in [4.69, 9.17) is 18.0 Å². The Morgan fingerprint density at radius 3 is 2.64 bits per heavy atom. The van der Waals surface area contributed by atoms with Crippen LogP contribution in [0.5, 0.6) is 0 Å². The molecule has 4 N–H and O–H groups in total. The van der Waals surface area contributed by atoms with Crippen molar-refractivity contribution in [3.8, 4) is 0 Å². The third-order valence-corrected chi connectivity index (χ3v) is 1.97. The van der Waals surface area contributed by atoms with Crippen molar-refractivity contribution in [2.24, 2.45) is 5.73 Å². The number of anilines is 1. The Morgan fingerprint density at radius 1 is 1.43 bits per heavy atom. The van der Waals surface area contributed by atoms with Crippen LogP contribution >= 0.6 is 12.2 Å². The Kier molecular flexibility index (Phi) is 3.41. The highest BCUT2D eigenvalue weighted by Gasteiger charge is 2.06. The molecule has 0 saturated carbocycles. The maximum Gasteiger partial charge on any atom is 0.250 e. The van der Waals surface area contributed by atoms with Gasteiger partial charge in [0.15, 0.2) is 5.11 Å². The molecule has 0 spiro atoms. The molecule has 1 rings (SSSR count). The van der Waals surface area contributed by atoms with Crippen LogP contribution in [-0.4, -0.2) is 18.1 Å². The highest BCUT2D eigenvalue weighted by Crippen LogP contribution is 2.13. The number of benzene rings is 1. The van der Waals surface area contributed by atoms with Gasteiger partial charge >= 0.3 is 0 Å². The lowest BCUT2D eigenvalue weighted by atomic mass is 10.1. The molecule has 1 aromatic carbocycles. The van der Waals surface area contributed by atoms with E-state index in [0.717, 1.165) is 0 Å². The van der Waals surface area contributed by atoms with Crippen molar-refractivity contribution in [3.05, 3.63) is 29.8 Å². The highest BCUT2D eigenvalue weighted by atomic mass is 32.1. The quantitative estimate of drug-likeness (QED) is 0.627. The molecule has 0 fully saturated rings. The predicted octanol–water partition coefficient (Wildman–Crippen LogP) is 0.702. The zero-order chi connectivity index (χ0) is 10.6. The van der Waals surface area contributed by atoms with E-state index in [9.17, 15) is 4.79 Å². The van der Waals surface area contributed by atoms with Crippen LogP contribution in [-0.2, 0) is 0 Å². The zero-order valence-electron chi connectivity index (χ0n) is 7.70. The Morgan fingerprint density at radius 2 is 2.07 bits per heavy atom. The zero-order valence-corrected chi connectivity index (χ0v) is 8.52. The van der Waals surface area contributed by atoms with Crippen molar-refractivity contribution in [3.63, 3.8) is 0 Å². The molecule has 4 nitrogen and oxygen atoms in total. The number of nitrogens with two attached hydrogens (primary N) is 1. The Balaban J connectivity index is 2.95. The normalized spacial score (nSPS) is 9.21. The monoisotopic (exact) mass is 209 g/mol. The minimum absolute atomic E-state index is 0.421. The second kappa shape index (κ2) is 4.57. The summed E-state index contributed by atoms with van der Waals surface area (Å²) >= 11 is 4.91. The lowest BCUT2D eigenvalue weighted by molar-refractivity contribution is 0.100. The van der Waals surface area contributed by atoms with Gasteiger partial charge in [0.05, 0.1) is 11.3 Å². The minimum Gasteiger partial charge on any atom is -0.366 e. The molecule has 0 atom stereocenters. The summed E-state index contributed by atoms with van der Waals surface area (Å²) < 4.78 is 0. The van der Waals surface area contributed by atoms with Crippen molar-refractivity contribution in [2.75, 3.05) is 12.4 Å². The first kappa shape index (κ1) is 10.5. The van der Waals surface area contributed by atoms with Gasteiger partial charge < -0.3 is 16.4 Å². The molecule has 74 valence electrons. The lowest BCUT2D eigenvalue weighted by Gasteiger charge is -2.09. The second-order valence-corrected chi connectivity index (χ2v) is 3.02. The average molecular weight is 209 g/mol. The van der Waals surface area contributed by atoms with E-state index >= 15 is 0 Å².